The van der Waals surface area contributed by atoms with E-state index >= 15 is 0 Å². The second-order valence-corrected chi connectivity index (χ2v) is 5.16. The van der Waals surface area contributed by atoms with E-state index in [0.717, 1.165) is 30.7 Å². The lowest BCUT2D eigenvalue weighted by Gasteiger charge is -2.14. The highest BCUT2D eigenvalue weighted by atomic mass is 19.1. The number of halogens is 1. The van der Waals surface area contributed by atoms with Gasteiger partial charge in [-0.25, -0.2) is 4.39 Å². The van der Waals surface area contributed by atoms with Crippen LogP contribution in [0.5, 0.6) is 5.75 Å². The minimum atomic E-state index is -0.139. The van der Waals surface area contributed by atoms with Gasteiger partial charge in [-0.1, -0.05) is 18.2 Å². The maximum atomic E-state index is 13.2. The Bertz CT molecular complexity index is 594. The van der Waals surface area contributed by atoms with E-state index in [4.69, 9.17) is 4.74 Å². The van der Waals surface area contributed by atoms with Gasteiger partial charge in [0.05, 0.1) is 7.11 Å². The van der Waals surface area contributed by atoms with Gasteiger partial charge < -0.3 is 10.1 Å². The van der Waals surface area contributed by atoms with Crippen LogP contribution in [-0.2, 0) is 13.0 Å². The Morgan fingerprint density at radius 2 is 2.00 bits per heavy atom. The van der Waals surface area contributed by atoms with Gasteiger partial charge in [-0.3, -0.25) is 0 Å². The lowest BCUT2D eigenvalue weighted by Crippen LogP contribution is -2.18. The summed E-state index contributed by atoms with van der Waals surface area (Å²) in [6.07, 6.45) is 1.99. The van der Waals surface area contributed by atoms with Gasteiger partial charge in [0.15, 0.2) is 0 Å². The molecule has 1 aliphatic rings. The average molecular weight is 271 g/mol. The molecule has 3 rings (SSSR count). The smallest absolute Gasteiger partial charge is 0.123 e. The number of nitrogens with one attached hydrogen (secondary N) is 1. The number of ether oxygens (including phenoxy) is 1. The third-order valence-corrected chi connectivity index (χ3v) is 3.89. The molecule has 20 heavy (non-hydrogen) atoms. The molecule has 0 bridgehead atoms. The van der Waals surface area contributed by atoms with Crippen molar-refractivity contribution in [3.63, 3.8) is 0 Å². The summed E-state index contributed by atoms with van der Waals surface area (Å²) < 4.78 is 18.3. The number of methoxy groups -OCH3 is 1. The number of benzene rings is 2. The first-order chi connectivity index (χ1) is 9.76. The fourth-order valence-electron chi connectivity index (χ4n) is 2.78. The zero-order valence-corrected chi connectivity index (χ0v) is 11.5. The molecule has 0 spiro atoms. The summed E-state index contributed by atoms with van der Waals surface area (Å²) in [5.74, 6) is 0.731. The summed E-state index contributed by atoms with van der Waals surface area (Å²) in [7, 11) is 1.67. The van der Waals surface area contributed by atoms with E-state index in [0.29, 0.717) is 6.04 Å². The van der Waals surface area contributed by atoms with Gasteiger partial charge >= 0.3 is 0 Å². The van der Waals surface area contributed by atoms with Gasteiger partial charge in [0.25, 0.3) is 0 Å². The highest BCUT2D eigenvalue weighted by Crippen LogP contribution is 2.31. The van der Waals surface area contributed by atoms with E-state index < -0.39 is 0 Å². The predicted molar refractivity (Wildman–Crippen MR) is 77.3 cm³/mol. The Morgan fingerprint density at radius 1 is 1.20 bits per heavy atom. The number of rotatable bonds is 4. The largest absolute Gasteiger partial charge is 0.497 e. The summed E-state index contributed by atoms with van der Waals surface area (Å²) in [5, 5.41) is 3.55. The van der Waals surface area contributed by atoms with Crippen LogP contribution in [0.25, 0.3) is 0 Å². The van der Waals surface area contributed by atoms with Crippen molar-refractivity contribution < 1.29 is 9.13 Å². The van der Waals surface area contributed by atoms with Gasteiger partial charge in [-0.05, 0) is 53.8 Å². The van der Waals surface area contributed by atoms with Crippen LogP contribution in [-0.4, -0.2) is 7.11 Å². The molecular weight excluding hydrogens is 253 g/mol. The molecule has 104 valence electrons. The third kappa shape index (κ3) is 2.68. The third-order valence-electron chi connectivity index (χ3n) is 3.89. The molecule has 0 radical (unpaired) electrons. The van der Waals surface area contributed by atoms with E-state index in [2.05, 4.69) is 17.4 Å². The minimum absolute atomic E-state index is 0.139. The molecular formula is C17H18FNO. The average Bonchev–Trinajstić information content (AvgIpc) is 2.88. The molecule has 2 nitrogen and oxygen atoms in total. The topological polar surface area (TPSA) is 21.3 Å². The molecule has 0 fully saturated rings. The summed E-state index contributed by atoms with van der Waals surface area (Å²) in [6.45, 7) is 0.811. The minimum Gasteiger partial charge on any atom is -0.497 e. The van der Waals surface area contributed by atoms with Crippen molar-refractivity contribution in [3.05, 3.63) is 65.0 Å². The van der Waals surface area contributed by atoms with Crippen molar-refractivity contribution in [2.24, 2.45) is 0 Å². The Balaban J connectivity index is 1.65. The second-order valence-electron chi connectivity index (χ2n) is 5.16. The molecule has 1 aliphatic carbocycles. The fraction of sp³-hybridized carbons (Fsp3) is 0.294. The fourth-order valence-corrected chi connectivity index (χ4v) is 2.78. The Hall–Kier alpha value is -1.87. The molecule has 0 saturated heterocycles. The number of hydrogen-bond acceptors (Lipinski definition) is 2. The summed E-state index contributed by atoms with van der Waals surface area (Å²) in [6, 6.07) is 13.5. The quantitative estimate of drug-likeness (QED) is 0.917. The zero-order valence-electron chi connectivity index (χ0n) is 11.5. The van der Waals surface area contributed by atoms with E-state index in [1.807, 2.05) is 18.2 Å². The van der Waals surface area contributed by atoms with Crippen LogP contribution in [0.3, 0.4) is 0 Å². The number of fused-ring (bicyclic) bond motifs is 1. The molecule has 0 heterocycles. The zero-order chi connectivity index (χ0) is 13.9. The second kappa shape index (κ2) is 5.63. The molecule has 0 aliphatic heterocycles. The molecule has 1 N–H and O–H groups in total. The van der Waals surface area contributed by atoms with Crippen molar-refractivity contribution in [2.75, 3.05) is 7.11 Å². The van der Waals surface area contributed by atoms with Gasteiger partial charge in [0.2, 0.25) is 0 Å². The van der Waals surface area contributed by atoms with Gasteiger partial charge in [-0.15, -0.1) is 0 Å². The van der Waals surface area contributed by atoms with E-state index in [1.54, 1.807) is 19.2 Å². The van der Waals surface area contributed by atoms with Crippen LogP contribution in [0.1, 0.15) is 29.2 Å². The first kappa shape index (κ1) is 13.1. The lowest BCUT2D eigenvalue weighted by molar-refractivity contribution is 0.414. The predicted octanol–water partition coefficient (Wildman–Crippen LogP) is 3.61. The lowest BCUT2D eigenvalue weighted by atomic mass is 10.1. The van der Waals surface area contributed by atoms with Crippen LogP contribution >= 0.6 is 0 Å². The maximum Gasteiger partial charge on any atom is 0.123 e. The summed E-state index contributed by atoms with van der Waals surface area (Å²) >= 11 is 0. The van der Waals surface area contributed by atoms with Crippen molar-refractivity contribution in [3.8, 4) is 5.75 Å². The first-order valence-electron chi connectivity index (χ1n) is 6.91. The summed E-state index contributed by atoms with van der Waals surface area (Å²) in [5.41, 5.74) is 3.60. The SMILES string of the molecule is COc1ccc(CNC2CCc3cc(F)ccc32)cc1. The van der Waals surface area contributed by atoms with Gasteiger partial charge in [0.1, 0.15) is 11.6 Å². The monoisotopic (exact) mass is 271 g/mol. The van der Waals surface area contributed by atoms with E-state index in [1.165, 1.54) is 11.1 Å². The van der Waals surface area contributed by atoms with Crippen LogP contribution in [0.15, 0.2) is 42.5 Å². The molecule has 3 heteroatoms. The van der Waals surface area contributed by atoms with E-state index in [-0.39, 0.29) is 5.82 Å². The molecule has 1 atom stereocenters. The first-order valence-corrected chi connectivity index (χ1v) is 6.91. The normalized spacial score (nSPS) is 17.0. The van der Waals surface area contributed by atoms with Gasteiger partial charge in [0, 0.05) is 12.6 Å². The highest BCUT2D eigenvalue weighted by molar-refractivity contribution is 5.35. The Morgan fingerprint density at radius 3 is 2.75 bits per heavy atom. The number of hydrogen-bond donors (Lipinski definition) is 1. The molecule has 2 aromatic carbocycles. The standard InChI is InChI=1S/C17H18FNO/c1-20-15-6-2-12(3-7-15)11-19-17-9-4-13-10-14(18)5-8-16(13)17/h2-3,5-8,10,17,19H,4,9,11H2,1H3. The molecule has 0 amide bonds. The molecule has 0 aromatic heterocycles. The van der Waals surface area contributed by atoms with Crippen molar-refractivity contribution in [1.29, 1.82) is 0 Å². The van der Waals surface area contributed by atoms with E-state index in [9.17, 15) is 4.39 Å². The van der Waals surface area contributed by atoms with Crippen LogP contribution < -0.4 is 10.1 Å². The Kier molecular flexibility index (Phi) is 3.70. The molecule has 2 aromatic rings. The molecule has 0 saturated carbocycles. The maximum absolute atomic E-state index is 13.2. The van der Waals surface area contributed by atoms with Crippen molar-refractivity contribution in [1.82, 2.24) is 5.32 Å². The number of aryl methyl sites for hydroxylation is 1. The Labute approximate surface area is 118 Å². The van der Waals surface area contributed by atoms with Crippen molar-refractivity contribution in [2.45, 2.75) is 25.4 Å². The van der Waals surface area contributed by atoms with Crippen LogP contribution in [0.4, 0.5) is 4.39 Å². The van der Waals surface area contributed by atoms with Crippen LogP contribution in [0, 0.1) is 5.82 Å². The van der Waals surface area contributed by atoms with Gasteiger partial charge in [-0.2, -0.15) is 0 Å². The van der Waals surface area contributed by atoms with Crippen LogP contribution in [0.2, 0.25) is 0 Å². The van der Waals surface area contributed by atoms with Crippen molar-refractivity contribution >= 4 is 0 Å². The molecule has 1 unspecified atom stereocenters. The summed E-state index contributed by atoms with van der Waals surface area (Å²) in [4.78, 5) is 0. The highest BCUT2D eigenvalue weighted by Gasteiger charge is 2.22.